The molecule has 7 fully saturated rings. The fourth-order valence-electron chi connectivity index (χ4n) is 9.69. The van der Waals surface area contributed by atoms with Crippen molar-refractivity contribution in [3.63, 3.8) is 0 Å². The first-order valence-corrected chi connectivity index (χ1v) is 12.5. The van der Waals surface area contributed by atoms with Crippen LogP contribution in [-0.4, -0.2) is 40.8 Å². The highest BCUT2D eigenvalue weighted by molar-refractivity contribution is 5.66. The van der Waals surface area contributed by atoms with Crippen LogP contribution in [0, 0.1) is 22.7 Å². The Morgan fingerprint density at radius 3 is 2.61 bits per heavy atom. The highest BCUT2D eigenvalue weighted by Crippen LogP contribution is 2.74. The molecule has 0 aromatic carbocycles. The Bertz CT molecular complexity index is 1060. The molecule has 3 aliphatic heterocycles. The van der Waals surface area contributed by atoms with Gasteiger partial charge < -0.3 is 28.5 Å². The fraction of sp³-hybridized carbons (Fsp3) is 0.769. The minimum Gasteiger partial charge on any atom is -0.431 e. The second kappa shape index (κ2) is 6.17. The number of aliphatic hydroxyl groups is 1. The van der Waals surface area contributed by atoms with E-state index in [1.807, 2.05) is 13.0 Å². The average Bonchev–Trinajstić information content (AvgIpc) is 3.04. The standard InChI is InChI=1S/C26H32O7/c1-22-8-5-18-19(26(22,29)10-7-17(22)15-3-4-21(28)30-13-15)6-9-24-12-16-11-20(25(18,24)14-27)32-23(2,31-16)33-24/h3-4,13-14,16-20,29H,5-12H2,1-2H3/t16-,17+,18-,19+,20+,22+,23+,24-,25-,26-/m0/s1. The summed E-state index contributed by atoms with van der Waals surface area (Å²) in [6, 6.07) is 3.32. The summed E-state index contributed by atoms with van der Waals surface area (Å²) in [5.41, 5.74) is -1.92. The first kappa shape index (κ1) is 20.8. The molecule has 7 heteroatoms. The molecule has 3 saturated heterocycles. The van der Waals surface area contributed by atoms with E-state index >= 15 is 0 Å². The summed E-state index contributed by atoms with van der Waals surface area (Å²) >= 11 is 0. The molecule has 1 spiro atoms. The molecule has 1 N–H and O–H groups in total. The zero-order valence-electron chi connectivity index (χ0n) is 19.2. The van der Waals surface area contributed by atoms with Crippen molar-refractivity contribution in [2.24, 2.45) is 22.7 Å². The van der Waals surface area contributed by atoms with Gasteiger partial charge in [0.2, 0.25) is 0 Å². The van der Waals surface area contributed by atoms with Crippen LogP contribution in [-0.2, 0) is 19.0 Å². The van der Waals surface area contributed by atoms with Crippen LogP contribution in [0.3, 0.4) is 0 Å². The number of rotatable bonds is 2. The van der Waals surface area contributed by atoms with Crippen molar-refractivity contribution in [3.05, 3.63) is 34.4 Å². The van der Waals surface area contributed by atoms with Gasteiger partial charge in [-0.3, -0.25) is 0 Å². The molecular weight excluding hydrogens is 424 g/mol. The van der Waals surface area contributed by atoms with E-state index in [1.165, 1.54) is 6.07 Å². The zero-order valence-corrected chi connectivity index (χ0v) is 19.2. The molecule has 7 nitrogen and oxygen atoms in total. The molecule has 4 heterocycles. The molecule has 0 unspecified atom stereocenters. The molecule has 33 heavy (non-hydrogen) atoms. The largest absolute Gasteiger partial charge is 0.431 e. The van der Waals surface area contributed by atoms with Gasteiger partial charge >= 0.3 is 5.63 Å². The lowest BCUT2D eigenvalue weighted by Gasteiger charge is -2.73. The van der Waals surface area contributed by atoms with Crippen LogP contribution in [0.2, 0.25) is 0 Å². The molecule has 178 valence electrons. The minimum atomic E-state index is -1.07. The molecular formula is C26H32O7. The predicted octanol–water partition coefficient (Wildman–Crippen LogP) is 3.28. The van der Waals surface area contributed by atoms with Crippen LogP contribution in [0.25, 0.3) is 0 Å². The lowest BCUT2D eigenvalue weighted by Crippen LogP contribution is -2.81. The maximum absolute atomic E-state index is 13.1. The number of aldehydes is 1. The Balaban J connectivity index is 1.30. The highest BCUT2D eigenvalue weighted by Gasteiger charge is 2.79. The van der Waals surface area contributed by atoms with Crippen LogP contribution >= 0.6 is 0 Å². The number of carbonyl (C=O) groups is 1. The monoisotopic (exact) mass is 456 g/mol. The van der Waals surface area contributed by atoms with Crippen molar-refractivity contribution in [3.8, 4) is 0 Å². The SMILES string of the molecule is C[C@@]12O[C@H]3C[C@@H](O1)[C@]1(C=O)[C@H]4CC[C@]5(C)[C@@H](c6ccc(=O)oc6)CC[C@]5(O)[C@@H]4CC[C@@]1(C3)O2. The van der Waals surface area contributed by atoms with E-state index in [4.69, 9.17) is 18.6 Å². The van der Waals surface area contributed by atoms with E-state index in [2.05, 4.69) is 6.92 Å². The first-order valence-electron chi connectivity index (χ1n) is 12.5. The second-order valence-corrected chi connectivity index (χ2v) is 11.9. The van der Waals surface area contributed by atoms with Gasteiger partial charge in [0.1, 0.15) is 6.29 Å². The fourth-order valence-corrected chi connectivity index (χ4v) is 9.69. The minimum absolute atomic E-state index is 0.00578. The Labute approximate surface area is 192 Å². The molecule has 7 aliphatic rings. The Morgan fingerprint density at radius 1 is 1.06 bits per heavy atom. The van der Waals surface area contributed by atoms with E-state index < -0.39 is 22.6 Å². The van der Waals surface area contributed by atoms with Gasteiger partial charge in [0, 0.05) is 31.2 Å². The summed E-state index contributed by atoms with van der Waals surface area (Å²) in [6.07, 6.45) is 8.74. The van der Waals surface area contributed by atoms with Gasteiger partial charge in [-0.25, -0.2) is 4.79 Å². The van der Waals surface area contributed by atoms with Gasteiger partial charge in [-0.1, -0.05) is 6.92 Å². The quantitative estimate of drug-likeness (QED) is 0.683. The molecule has 4 bridgehead atoms. The third-order valence-electron chi connectivity index (χ3n) is 10.9. The zero-order chi connectivity index (χ0) is 22.9. The van der Waals surface area contributed by atoms with Crippen molar-refractivity contribution in [1.29, 1.82) is 0 Å². The molecule has 4 saturated carbocycles. The van der Waals surface area contributed by atoms with E-state index in [-0.39, 0.29) is 41.0 Å². The third kappa shape index (κ3) is 2.26. The van der Waals surface area contributed by atoms with Crippen LogP contribution < -0.4 is 5.63 Å². The predicted molar refractivity (Wildman–Crippen MR) is 115 cm³/mol. The smallest absolute Gasteiger partial charge is 0.335 e. The van der Waals surface area contributed by atoms with Gasteiger partial charge in [-0.15, -0.1) is 0 Å². The molecule has 4 aliphatic carbocycles. The number of fused-ring (bicyclic) bond motifs is 3. The maximum Gasteiger partial charge on any atom is 0.335 e. The van der Waals surface area contributed by atoms with Crippen molar-refractivity contribution in [1.82, 2.24) is 0 Å². The highest BCUT2D eigenvalue weighted by atomic mass is 16.9. The van der Waals surface area contributed by atoms with Crippen molar-refractivity contribution in [2.75, 3.05) is 0 Å². The Morgan fingerprint density at radius 2 is 1.88 bits per heavy atom. The van der Waals surface area contributed by atoms with Gasteiger partial charge in [0.05, 0.1) is 35.1 Å². The Kier molecular flexibility index (Phi) is 3.89. The summed E-state index contributed by atoms with van der Waals surface area (Å²) in [5.74, 6) is -0.927. The van der Waals surface area contributed by atoms with E-state index in [0.29, 0.717) is 12.8 Å². The van der Waals surface area contributed by atoms with Crippen molar-refractivity contribution in [2.45, 2.75) is 101 Å². The van der Waals surface area contributed by atoms with Crippen molar-refractivity contribution < 1.29 is 28.5 Å². The summed E-state index contributed by atoms with van der Waals surface area (Å²) in [4.78, 5) is 24.6. The Hall–Kier alpha value is -1.54. The number of hydrogen-bond donors (Lipinski definition) is 1. The summed E-state index contributed by atoms with van der Waals surface area (Å²) in [7, 11) is 0. The van der Waals surface area contributed by atoms with Crippen LogP contribution in [0.15, 0.2) is 27.6 Å². The molecule has 1 aromatic heterocycles. The summed E-state index contributed by atoms with van der Waals surface area (Å²) in [6.45, 7) is 4.03. The molecule has 1 aromatic rings. The normalized spacial score (nSPS) is 56.2. The molecule has 8 rings (SSSR count). The van der Waals surface area contributed by atoms with E-state index in [9.17, 15) is 14.7 Å². The van der Waals surface area contributed by atoms with Crippen LogP contribution in [0.1, 0.15) is 76.7 Å². The number of ether oxygens (including phenoxy) is 3. The van der Waals surface area contributed by atoms with Crippen molar-refractivity contribution >= 4 is 6.29 Å². The molecule has 0 amide bonds. The van der Waals surface area contributed by atoms with Gasteiger partial charge in [0.15, 0.2) is 0 Å². The number of carbonyl (C=O) groups excluding carboxylic acids is 1. The molecule has 10 atom stereocenters. The maximum atomic E-state index is 13.1. The first-order chi connectivity index (χ1) is 15.7. The topological polar surface area (TPSA) is 95.2 Å². The summed E-state index contributed by atoms with van der Waals surface area (Å²) < 4.78 is 24.0. The lowest BCUT2D eigenvalue weighted by molar-refractivity contribution is -0.542. The van der Waals surface area contributed by atoms with Crippen LogP contribution in [0.4, 0.5) is 0 Å². The van der Waals surface area contributed by atoms with E-state index in [1.54, 1.807) is 6.26 Å². The van der Waals surface area contributed by atoms with E-state index in [0.717, 1.165) is 50.4 Å². The van der Waals surface area contributed by atoms with Gasteiger partial charge in [-0.05, 0) is 67.9 Å². The third-order valence-corrected chi connectivity index (χ3v) is 10.9. The average molecular weight is 457 g/mol. The second-order valence-electron chi connectivity index (χ2n) is 11.9. The number of hydrogen-bond acceptors (Lipinski definition) is 7. The molecule has 0 radical (unpaired) electrons. The van der Waals surface area contributed by atoms with Gasteiger partial charge in [-0.2, -0.15) is 0 Å². The summed E-state index contributed by atoms with van der Waals surface area (Å²) in [5, 5.41) is 12.4. The lowest BCUT2D eigenvalue weighted by atomic mass is 9.40. The van der Waals surface area contributed by atoms with Crippen LogP contribution in [0.5, 0.6) is 0 Å². The van der Waals surface area contributed by atoms with Gasteiger partial charge in [0.25, 0.3) is 5.97 Å².